The predicted molar refractivity (Wildman–Crippen MR) is 66.4 cm³/mol. The van der Waals surface area contributed by atoms with Crippen molar-refractivity contribution in [2.75, 3.05) is 13.2 Å². The number of hydrogen-bond donors (Lipinski definition) is 2. The molecule has 21 heavy (non-hydrogen) atoms. The molecule has 0 amide bonds. The molecule has 0 aliphatic rings. The number of hydrogen-bond acceptors (Lipinski definition) is 3. The molecule has 0 aliphatic heterocycles. The van der Waals surface area contributed by atoms with Crippen molar-refractivity contribution in [3.63, 3.8) is 0 Å². The van der Waals surface area contributed by atoms with Gasteiger partial charge in [-0.25, -0.2) is 9.59 Å². The minimum Gasteiger partial charge on any atom is -0.478 e. The van der Waals surface area contributed by atoms with Gasteiger partial charge in [-0.15, -0.1) is 0 Å². The highest BCUT2D eigenvalue weighted by Gasteiger charge is 2.27. The summed E-state index contributed by atoms with van der Waals surface area (Å²) in [6.07, 6.45) is -4.42. The average molecular weight is 304 g/mol. The van der Waals surface area contributed by atoms with Crippen LogP contribution in [-0.4, -0.2) is 40.0 Å². The van der Waals surface area contributed by atoms with Gasteiger partial charge in [-0.1, -0.05) is 0 Å². The number of carboxylic acid groups (broad SMARTS) is 1. The lowest BCUT2D eigenvalue weighted by atomic mass is 10.2. The fraction of sp³-hybridized carbons (Fsp3) is 0.333. The third kappa shape index (κ3) is 3.63. The number of ether oxygens (including phenoxy) is 1. The van der Waals surface area contributed by atoms with Crippen LogP contribution in [0.25, 0.3) is 11.0 Å². The first-order chi connectivity index (χ1) is 9.78. The number of aromatic nitrogens is 2. The summed E-state index contributed by atoms with van der Waals surface area (Å²) < 4.78 is 41.4. The number of nitrogens with zero attached hydrogens (tertiary/aromatic N) is 1. The molecule has 0 radical (unpaired) electrons. The van der Waals surface area contributed by atoms with Gasteiger partial charge in [0.15, 0.2) is 0 Å². The van der Waals surface area contributed by atoms with E-state index in [1.54, 1.807) is 0 Å². The van der Waals surface area contributed by atoms with Crippen molar-refractivity contribution in [1.82, 2.24) is 9.55 Å². The summed E-state index contributed by atoms with van der Waals surface area (Å²) in [6, 6.07) is 4.01. The molecule has 0 fully saturated rings. The number of aromatic carboxylic acids is 1. The predicted octanol–water partition coefficient (Wildman–Crippen LogP) is 1.61. The number of aromatic amines is 1. The maximum Gasteiger partial charge on any atom is 0.411 e. The Morgan fingerprint density at radius 3 is 2.71 bits per heavy atom. The lowest BCUT2D eigenvalue weighted by molar-refractivity contribution is -0.174. The van der Waals surface area contributed by atoms with Gasteiger partial charge in [-0.3, -0.25) is 4.57 Å². The van der Waals surface area contributed by atoms with E-state index in [0.29, 0.717) is 11.0 Å². The van der Waals surface area contributed by atoms with Crippen LogP contribution in [-0.2, 0) is 11.3 Å². The number of alkyl halides is 3. The second-order valence-electron chi connectivity index (χ2n) is 4.29. The minimum atomic E-state index is -4.42. The smallest absolute Gasteiger partial charge is 0.411 e. The van der Waals surface area contributed by atoms with Crippen LogP contribution >= 0.6 is 0 Å². The van der Waals surface area contributed by atoms with E-state index >= 15 is 0 Å². The summed E-state index contributed by atoms with van der Waals surface area (Å²) in [5.41, 5.74) is 0.170. The number of nitrogens with one attached hydrogen (secondary N) is 1. The highest BCUT2D eigenvalue weighted by Crippen LogP contribution is 2.15. The molecule has 1 heterocycles. The van der Waals surface area contributed by atoms with Gasteiger partial charge in [-0.05, 0) is 18.2 Å². The zero-order valence-electron chi connectivity index (χ0n) is 10.6. The van der Waals surface area contributed by atoms with Crippen molar-refractivity contribution in [3.05, 3.63) is 34.2 Å². The molecule has 2 N–H and O–H groups in total. The number of carboxylic acids is 1. The highest BCUT2D eigenvalue weighted by molar-refractivity contribution is 5.92. The van der Waals surface area contributed by atoms with E-state index in [-0.39, 0.29) is 18.7 Å². The van der Waals surface area contributed by atoms with E-state index in [4.69, 9.17) is 5.11 Å². The monoisotopic (exact) mass is 304 g/mol. The lowest BCUT2D eigenvalue weighted by Crippen LogP contribution is -2.22. The number of fused-ring (bicyclic) bond motifs is 1. The zero-order chi connectivity index (χ0) is 15.6. The fourth-order valence-corrected chi connectivity index (χ4v) is 1.86. The summed E-state index contributed by atoms with van der Waals surface area (Å²) in [7, 11) is 0. The van der Waals surface area contributed by atoms with Crippen molar-refractivity contribution >= 4 is 17.0 Å². The summed E-state index contributed by atoms with van der Waals surface area (Å²) in [5.74, 6) is -1.14. The van der Waals surface area contributed by atoms with Crippen LogP contribution in [0.1, 0.15) is 10.4 Å². The molecule has 2 aromatic rings. The molecule has 1 aromatic carbocycles. The van der Waals surface area contributed by atoms with Crippen LogP contribution in [0.15, 0.2) is 23.0 Å². The van der Waals surface area contributed by atoms with Crippen molar-refractivity contribution in [2.24, 2.45) is 0 Å². The molecule has 0 saturated heterocycles. The number of benzene rings is 1. The van der Waals surface area contributed by atoms with Gasteiger partial charge in [0.25, 0.3) is 0 Å². The van der Waals surface area contributed by atoms with Crippen molar-refractivity contribution in [1.29, 1.82) is 0 Å². The Morgan fingerprint density at radius 2 is 2.10 bits per heavy atom. The molecule has 1 aromatic heterocycles. The molecule has 9 heteroatoms. The molecule has 6 nitrogen and oxygen atoms in total. The third-order valence-corrected chi connectivity index (χ3v) is 2.75. The number of H-pyrrole nitrogens is 1. The van der Waals surface area contributed by atoms with Gasteiger partial charge in [0.2, 0.25) is 0 Å². The lowest BCUT2D eigenvalue weighted by Gasteiger charge is -2.08. The van der Waals surface area contributed by atoms with E-state index in [1.807, 2.05) is 0 Å². The van der Waals surface area contributed by atoms with E-state index in [1.165, 1.54) is 22.8 Å². The van der Waals surface area contributed by atoms with Crippen LogP contribution in [0, 0.1) is 0 Å². The Hall–Kier alpha value is -2.29. The van der Waals surface area contributed by atoms with E-state index in [2.05, 4.69) is 9.72 Å². The van der Waals surface area contributed by atoms with E-state index < -0.39 is 24.4 Å². The maximum absolute atomic E-state index is 11.9. The first kappa shape index (κ1) is 15.1. The van der Waals surface area contributed by atoms with Crippen LogP contribution in [0.3, 0.4) is 0 Å². The van der Waals surface area contributed by atoms with Gasteiger partial charge < -0.3 is 14.8 Å². The van der Waals surface area contributed by atoms with Gasteiger partial charge >= 0.3 is 17.8 Å². The quantitative estimate of drug-likeness (QED) is 0.822. The average Bonchev–Trinajstić information content (AvgIpc) is 2.68. The standard InChI is InChI=1S/C12H11F3N2O4/c13-12(14,15)6-21-4-3-17-9-2-1-7(10(18)19)5-8(9)16-11(17)20/h1-2,5H,3-4,6H2,(H,16,20)(H,18,19). The molecule has 0 unspecified atom stereocenters. The molecule has 0 aliphatic carbocycles. The molecule has 0 spiro atoms. The van der Waals surface area contributed by atoms with Crippen LogP contribution < -0.4 is 5.69 Å². The minimum absolute atomic E-state index is 0.00391. The maximum atomic E-state index is 11.9. The van der Waals surface area contributed by atoms with Gasteiger partial charge in [0.1, 0.15) is 6.61 Å². The molecule has 0 atom stereocenters. The molecular formula is C12H11F3N2O4. The van der Waals surface area contributed by atoms with Gasteiger partial charge in [-0.2, -0.15) is 13.2 Å². The first-order valence-electron chi connectivity index (χ1n) is 5.88. The molecule has 0 bridgehead atoms. The van der Waals surface area contributed by atoms with Crippen molar-refractivity contribution in [3.8, 4) is 0 Å². The molecule has 114 valence electrons. The normalized spacial score (nSPS) is 12.0. The third-order valence-electron chi connectivity index (χ3n) is 2.75. The number of halogens is 3. The van der Waals surface area contributed by atoms with E-state index in [9.17, 15) is 22.8 Å². The second kappa shape index (κ2) is 5.60. The topological polar surface area (TPSA) is 84.3 Å². The summed E-state index contributed by atoms with van der Waals surface area (Å²) in [4.78, 5) is 25.0. The Bertz CT molecular complexity index is 717. The Balaban J connectivity index is 2.15. The number of carbonyl (C=O) groups is 1. The molecular weight excluding hydrogens is 293 g/mol. The summed E-state index contributed by atoms with van der Waals surface area (Å²) in [5, 5.41) is 8.84. The largest absolute Gasteiger partial charge is 0.478 e. The Kier molecular flexibility index (Phi) is 4.03. The van der Waals surface area contributed by atoms with Crippen molar-refractivity contribution in [2.45, 2.75) is 12.7 Å². The first-order valence-corrected chi connectivity index (χ1v) is 5.88. The zero-order valence-corrected chi connectivity index (χ0v) is 10.6. The second-order valence-corrected chi connectivity index (χ2v) is 4.29. The summed E-state index contributed by atoms with van der Waals surface area (Å²) in [6.45, 7) is -1.73. The number of imidazole rings is 1. The highest BCUT2D eigenvalue weighted by atomic mass is 19.4. The SMILES string of the molecule is O=C(O)c1ccc2c(c1)[nH]c(=O)n2CCOCC(F)(F)F. The number of rotatable bonds is 5. The summed E-state index contributed by atoms with van der Waals surface area (Å²) >= 11 is 0. The Morgan fingerprint density at radius 1 is 1.38 bits per heavy atom. The Labute approximate surface area is 115 Å². The van der Waals surface area contributed by atoms with Gasteiger partial charge in [0.05, 0.1) is 29.7 Å². The van der Waals surface area contributed by atoms with Crippen molar-refractivity contribution < 1.29 is 27.8 Å². The van der Waals surface area contributed by atoms with Crippen LogP contribution in [0.2, 0.25) is 0 Å². The fourth-order valence-electron chi connectivity index (χ4n) is 1.86. The van der Waals surface area contributed by atoms with Crippen LogP contribution in [0.4, 0.5) is 13.2 Å². The van der Waals surface area contributed by atoms with E-state index in [0.717, 1.165) is 0 Å². The molecule has 0 saturated carbocycles. The van der Waals surface area contributed by atoms with Gasteiger partial charge in [0, 0.05) is 0 Å². The van der Waals surface area contributed by atoms with Crippen LogP contribution in [0.5, 0.6) is 0 Å². The molecule has 2 rings (SSSR count).